The maximum atomic E-state index is 13.4. The number of Topliss-reactive ketones (excluding diaryl/α,β-unsaturated/α-hetero) is 1. The smallest absolute Gasteiger partial charge is 1.00 e. The number of carboxylic acid groups (broad SMARTS) is 1. The Morgan fingerprint density at radius 2 is 1.16 bits per heavy atom. The van der Waals surface area contributed by atoms with Gasteiger partial charge in [0.05, 0.1) is 68.2 Å². The third-order valence-corrected chi connectivity index (χ3v) is 21.4. The van der Waals surface area contributed by atoms with Gasteiger partial charge in [0.15, 0.2) is 0 Å². The van der Waals surface area contributed by atoms with Gasteiger partial charge >= 0.3 is 47.3 Å². The van der Waals surface area contributed by atoms with E-state index in [0.717, 1.165) is 107 Å². The van der Waals surface area contributed by atoms with Crippen molar-refractivity contribution in [2.75, 3.05) is 57.6 Å². The molecule has 0 aliphatic carbocycles. The Morgan fingerprint density at radius 3 is 1.67 bits per heavy atom. The average Bonchev–Trinajstić information content (AvgIpc) is 1.47. The zero-order chi connectivity index (χ0) is 68.8. The van der Waals surface area contributed by atoms with Crippen molar-refractivity contribution in [3.63, 3.8) is 0 Å². The number of aromatic nitrogens is 5. The summed E-state index contributed by atoms with van der Waals surface area (Å²) < 4.78 is 3.72. The Morgan fingerprint density at radius 1 is 0.660 bits per heavy atom. The molecular formula is C73H101BN14NaO5S3. The van der Waals surface area contributed by atoms with Crippen LogP contribution < -0.4 is 51.7 Å². The van der Waals surface area contributed by atoms with Gasteiger partial charge in [-0.3, -0.25) is 34.1 Å². The van der Waals surface area contributed by atoms with Gasteiger partial charge in [-0.15, -0.1) is 34.0 Å². The van der Waals surface area contributed by atoms with Crippen LogP contribution in [0.15, 0.2) is 84.1 Å². The van der Waals surface area contributed by atoms with E-state index in [4.69, 9.17) is 36.5 Å². The summed E-state index contributed by atoms with van der Waals surface area (Å²) in [5.41, 5.74) is 22.3. The fourth-order valence-corrected chi connectivity index (χ4v) is 14.4. The molecule has 3 radical (unpaired) electrons. The van der Waals surface area contributed by atoms with Crippen molar-refractivity contribution in [1.29, 1.82) is 0 Å². The normalized spacial score (nSPS) is 17.8. The second-order valence-corrected chi connectivity index (χ2v) is 30.3. The first-order valence-corrected chi connectivity index (χ1v) is 36.1. The second-order valence-electron chi connectivity index (χ2n) is 26.9. The standard InChI is InChI=1S/C27H36N6O2S.C18H27N3S.C18H25N3S.C10H12N2O3.B.Na.H/c1-6-18-11-20(13-29-25(18)28)30-26(34)27(35)33-14-17(4)7-9-22(33)19-8-10-23-21(12-19)31-24(36-23)15-32(5)16(2)3;2*1-12(2)21(4)11-18-20-16-9-14(6-8-17(16)22-18)15-7-5-13(3)10-19-15;1-2-7-3-6(5-12-9(7)11)4-8(13)10(14)15;;;/h8,10-13,16-17,22H,6-7,9,14-15H2,1-5H3,(H2,28,29)(H,30,34);6,8-9,12-13,15,19H,5,7,10-11H2,1-4H3;6,8-9,12-13H,5,7,10-11H2,1-4H3;3,5H,2,4H2,1H3,(H2,11,12)(H,14,15);;;/q;;;;;+1;-1/t17-,22+;13-,15+;13-;;;;/m000..../s1. The summed E-state index contributed by atoms with van der Waals surface area (Å²) in [7, 11) is 6.42. The fraction of sp³-hybridized carbons (Fsp3) is 0.507. The molecule has 0 unspecified atom stereocenters. The van der Waals surface area contributed by atoms with Crippen LogP contribution in [0, 0.1) is 17.8 Å². The Kier molecular flexibility index (Phi) is 30.8. The molecule has 3 aliphatic heterocycles. The van der Waals surface area contributed by atoms with Gasteiger partial charge in [0.2, 0.25) is 5.78 Å². The van der Waals surface area contributed by atoms with E-state index < -0.39 is 23.6 Å². The molecule has 0 saturated carbocycles. The van der Waals surface area contributed by atoms with E-state index in [9.17, 15) is 19.2 Å². The van der Waals surface area contributed by atoms with E-state index >= 15 is 0 Å². The number of rotatable bonds is 18. The number of likely N-dealkylation sites (tertiary alicyclic amines) is 1. The predicted molar refractivity (Wildman–Crippen MR) is 398 cm³/mol. The van der Waals surface area contributed by atoms with Gasteiger partial charge < -0.3 is 33.5 Å². The van der Waals surface area contributed by atoms with Gasteiger partial charge in [-0.25, -0.2) is 29.7 Å². The number of carboxylic acids is 1. The molecule has 19 nitrogen and oxygen atoms in total. The molecule has 11 rings (SSSR count). The number of aliphatic imine (C=N–C) groups is 1. The number of nitrogens with one attached hydrogen (secondary N) is 2. The molecule has 5 aromatic heterocycles. The number of nitrogens with two attached hydrogens (primary N) is 2. The summed E-state index contributed by atoms with van der Waals surface area (Å²) in [6, 6.07) is 25.1. The van der Waals surface area contributed by atoms with E-state index in [1.807, 2.05) is 25.2 Å². The van der Waals surface area contributed by atoms with Crippen LogP contribution in [0.3, 0.4) is 0 Å². The minimum absolute atomic E-state index is 0. The number of hydrogen-bond acceptors (Lipinski definition) is 19. The molecule has 3 aromatic carbocycles. The summed E-state index contributed by atoms with van der Waals surface area (Å²) in [6.07, 6.45) is 10.9. The number of carbonyl (C=O) groups is 4. The fourth-order valence-electron chi connectivity index (χ4n) is 11.4. The zero-order valence-corrected chi connectivity index (χ0v) is 64.2. The number of aliphatic carboxylic acids is 1. The molecule has 5 atom stereocenters. The molecule has 8 heterocycles. The Bertz CT molecular complexity index is 3970. The molecule has 2 fully saturated rings. The summed E-state index contributed by atoms with van der Waals surface area (Å²) in [6.45, 7) is 29.1. The third kappa shape index (κ3) is 22.4. The molecular weight excluding hydrogens is 1280 g/mol. The Balaban J connectivity index is 0.000000245. The van der Waals surface area contributed by atoms with Crippen LogP contribution in [0.1, 0.15) is 177 Å². The number of nitrogen functional groups attached to an aromatic ring is 2. The molecule has 24 heteroatoms. The minimum Gasteiger partial charge on any atom is -1.00 e. The molecule has 0 spiro atoms. The van der Waals surface area contributed by atoms with Gasteiger partial charge in [0.25, 0.3) is 0 Å². The van der Waals surface area contributed by atoms with Crippen LogP contribution in [0.25, 0.3) is 30.6 Å². The van der Waals surface area contributed by atoms with Crippen LogP contribution in [-0.2, 0) is 58.1 Å². The van der Waals surface area contributed by atoms with Crippen LogP contribution in [0.2, 0.25) is 0 Å². The molecule has 0 bridgehead atoms. The van der Waals surface area contributed by atoms with E-state index in [1.54, 1.807) is 39.7 Å². The predicted octanol–water partition coefficient (Wildman–Crippen LogP) is 10.3. The number of piperidine rings is 2. The van der Waals surface area contributed by atoms with E-state index in [1.165, 1.54) is 67.9 Å². The van der Waals surface area contributed by atoms with E-state index in [-0.39, 0.29) is 51.9 Å². The van der Waals surface area contributed by atoms with Crippen molar-refractivity contribution in [3.05, 3.63) is 128 Å². The van der Waals surface area contributed by atoms with Crippen molar-refractivity contribution in [3.8, 4) is 0 Å². The summed E-state index contributed by atoms with van der Waals surface area (Å²) in [5, 5.41) is 18.3. The number of hydrogen-bond donors (Lipinski definition) is 5. The topological polar surface area (TPSA) is 254 Å². The molecule has 8 aromatic rings. The molecule has 2 amide bonds. The number of anilines is 3. The monoisotopic (exact) mass is 1380 g/mol. The number of carbonyl (C=O) groups excluding carboxylic acids is 3. The summed E-state index contributed by atoms with van der Waals surface area (Å²) in [4.78, 5) is 83.6. The van der Waals surface area contributed by atoms with Crippen molar-refractivity contribution in [2.24, 2.45) is 22.7 Å². The number of fused-ring (bicyclic) bond motifs is 3. The Labute approximate surface area is 611 Å². The van der Waals surface area contributed by atoms with Gasteiger partial charge in [-0.05, 0) is 214 Å². The average molecular weight is 1380 g/mol. The largest absolute Gasteiger partial charge is 1.00 e. The van der Waals surface area contributed by atoms with Gasteiger partial charge in [0, 0.05) is 64.0 Å². The zero-order valence-electron chi connectivity index (χ0n) is 60.7. The minimum atomic E-state index is -1.43. The van der Waals surface area contributed by atoms with Crippen LogP contribution >= 0.6 is 34.0 Å². The van der Waals surface area contributed by atoms with Crippen molar-refractivity contribution >= 4 is 120 Å². The molecule has 2 saturated heterocycles. The van der Waals surface area contributed by atoms with E-state index in [0.29, 0.717) is 72.4 Å². The first-order chi connectivity index (χ1) is 45.2. The molecule has 515 valence electrons. The number of ketones is 1. The van der Waals surface area contributed by atoms with Gasteiger partial charge in [-0.2, -0.15) is 0 Å². The maximum Gasteiger partial charge on any atom is 1.00 e. The third-order valence-electron chi connectivity index (χ3n) is 18.3. The summed E-state index contributed by atoms with van der Waals surface area (Å²) >= 11 is 5.34. The van der Waals surface area contributed by atoms with Crippen molar-refractivity contribution in [2.45, 2.75) is 184 Å². The van der Waals surface area contributed by atoms with Crippen molar-refractivity contribution < 1.29 is 55.3 Å². The molecule has 97 heavy (non-hydrogen) atoms. The molecule has 3 aliphatic rings. The SMILES string of the molecule is CC(C)N(C)Cc1nc2cc(C3=NC[C@@H](C)CC3)ccc2s1.CC(C)N(C)Cc1nc2cc([C@H]3CC[C@H](C)CN3)ccc2s1.CCc1cc(CC(=O)C(=O)O)cnc1N.CCc1cc(NC(=O)C(=O)N2C[C@@H](C)CC[C@@H]2c2ccc3sc(CN(C)C(C)C)nc3c2)cnc1N.[B].[H-].[Na+]. The number of aryl methyl sites for hydroxylation is 2. The summed E-state index contributed by atoms with van der Waals surface area (Å²) in [5.74, 6) is -0.748. The van der Waals surface area contributed by atoms with Crippen LogP contribution in [0.4, 0.5) is 17.3 Å². The van der Waals surface area contributed by atoms with E-state index in [2.05, 4.69) is 173 Å². The number of pyridine rings is 2. The quantitative estimate of drug-likeness (QED) is 0.0395. The Hall–Kier alpha value is -6.12. The van der Waals surface area contributed by atoms with Gasteiger partial charge in [-0.1, -0.05) is 58.9 Å². The second kappa shape index (κ2) is 37.4. The van der Waals surface area contributed by atoms with Crippen LogP contribution in [0.5, 0.6) is 0 Å². The van der Waals surface area contributed by atoms with Gasteiger partial charge in [0.1, 0.15) is 26.7 Å². The van der Waals surface area contributed by atoms with Crippen LogP contribution in [-0.4, -0.2) is 146 Å². The number of thiazole rings is 3. The maximum absolute atomic E-state index is 13.4. The van der Waals surface area contributed by atoms with Crippen molar-refractivity contribution in [1.82, 2.24) is 49.8 Å². The first kappa shape index (κ1) is 79.9. The number of nitrogens with zero attached hydrogens (tertiary/aromatic N) is 10. The first-order valence-electron chi connectivity index (χ1n) is 33.7. The number of benzene rings is 3. The number of amides is 2. The molecule has 7 N–H and O–H groups in total.